The van der Waals surface area contributed by atoms with Gasteiger partial charge in [-0.2, -0.15) is 5.26 Å². The Kier molecular flexibility index (Phi) is 3.57. The maximum Gasteiger partial charge on any atom is 0.236 e. The van der Waals surface area contributed by atoms with E-state index in [1.165, 1.54) is 0 Å². The van der Waals surface area contributed by atoms with Crippen molar-refractivity contribution < 1.29 is 4.42 Å². The largest absolute Gasteiger partial charge is 0.440 e. The number of hydrogen-bond acceptors (Lipinski definition) is 5. The van der Waals surface area contributed by atoms with E-state index in [2.05, 4.69) is 11.1 Å². The van der Waals surface area contributed by atoms with Gasteiger partial charge in [0.2, 0.25) is 5.89 Å². The van der Waals surface area contributed by atoms with Gasteiger partial charge < -0.3 is 4.42 Å². The van der Waals surface area contributed by atoms with Gasteiger partial charge >= 0.3 is 0 Å². The van der Waals surface area contributed by atoms with E-state index in [0.29, 0.717) is 19.0 Å². The molecule has 0 aliphatic rings. The van der Waals surface area contributed by atoms with Crippen LogP contribution in [0.15, 0.2) is 21.9 Å². The Morgan fingerprint density at radius 1 is 1.59 bits per heavy atom. The molecule has 0 N–H and O–H groups in total. The van der Waals surface area contributed by atoms with Crippen molar-refractivity contribution in [1.29, 1.82) is 5.26 Å². The van der Waals surface area contributed by atoms with Crippen molar-refractivity contribution in [2.24, 2.45) is 0 Å². The van der Waals surface area contributed by atoms with E-state index >= 15 is 0 Å². The number of rotatable bonds is 4. The van der Waals surface area contributed by atoms with Gasteiger partial charge in [0.25, 0.3) is 0 Å². The fourth-order valence-electron chi connectivity index (χ4n) is 1.51. The van der Waals surface area contributed by atoms with Crippen LogP contribution in [0.5, 0.6) is 0 Å². The number of thiophene rings is 1. The lowest BCUT2D eigenvalue weighted by Crippen LogP contribution is -2.18. The van der Waals surface area contributed by atoms with Gasteiger partial charge in [-0.15, -0.1) is 11.3 Å². The summed E-state index contributed by atoms with van der Waals surface area (Å²) < 4.78 is 5.63. The Morgan fingerprint density at radius 3 is 3.06 bits per heavy atom. The molecule has 17 heavy (non-hydrogen) atoms. The van der Waals surface area contributed by atoms with Crippen LogP contribution in [0.2, 0.25) is 0 Å². The Balaban J connectivity index is 2.17. The van der Waals surface area contributed by atoms with Crippen LogP contribution in [0.1, 0.15) is 11.5 Å². The van der Waals surface area contributed by atoms with Gasteiger partial charge in [0, 0.05) is 6.54 Å². The summed E-state index contributed by atoms with van der Waals surface area (Å²) in [5, 5.41) is 10.6. The fraction of sp³-hybridized carbons (Fsp3) is 0.333. The van der Waals surface area contributed by atoms with E-state index in [0.717, 1.165) is 16.3 Å². The molecule has 0 aliphatic carbocycles. The first-order valence-electron chi connectivity index (χ1n) is 5.26. The summed E-state index contributed by atoms with van der Waals surface area (Å²) in [4.78, 5) is 7.40. The Bertz CT molecular complexity index is 524. The van der Waals surface area contributed by atoms with Crippen LogP contribution in [-0.4, -0.2) is 23.5 Å². The molecule has 0 aromatic carbocycles. The van der Waals surface area contributed by atoms with E-state index in [1.807, 2.05) is 36.4 Å². The van der Waals surface area contributed by atoms with Crippen LogP contribution in [0.4, 0.5) is 0 Å². The first-order chi connectivity index (χ1) is 8.20. The fourth-order valence-corrected chi connectivity index (χ4v) is 2.16. The number of oxazole rings is 1. The average molecular weight is 247 g/mol. The third-order valence-corrected chi connectivity index (χ3v) is 3.24. The third-order valence-electron chi connectivity index (χ3n) is 2.38. The van der Waals surface area contributed by atoms with Gasteiger partial charge in [0.15, 0.2) is 0 Å². The number of aromatic nitrogens is 1. The molecular weight excluding hydrogens is 234 g/mol. The van der Waals surface area contributed by atoms with Crippen molar-refractivity contribution in [3.8, 4) is 16.8 Å². The summed E-state index contributed by atoms with van der Waals surface area (Å²) in [5.41, 5.74) is 0.895. The van der Waals surface area contributed by atoms with Gasteiger partial charge in [-0.25, -0.2) is 4.98 Å². The SMILES string of the molecule is Cc1oc(-c2cccs2)nc1CN(C)CC#N. The molecule has 0 unspecified atom stereocenters. The van der Waals surface area contributed by atoms with E-state index in [1.54, 1.807) is 11.3 Å². The second-order valence-electron chi connectivity index (χ2n) is 3.83. The van der Waals surface area contributed by atoms with Gasteiger partial charge in [-0.3, -0.25) is 4.90 Å². The molecule has 0 bridgehead atoms. The molecule has 2 aromatic rings. The lowest BCUT2D eigenvalue weighted by molar-refractivity contribution is 0.360. The summed E-state index contributed by atoms with van der Waals surface area (Å²) in [6, 6.07) is 6.07. The lowest BCUT2D eigenvalue weighted by Gasteiger charge is -2.09. The molecule has 2 heterocycles. The summed E-state index contributed by atoms with van der Waals surface area (Å²) in [5.74, 6) is 1.48. The monoisotopic (exact) mass is 247 g/mol. The zero-order valence-electron chi connectivity index (χ0n) is 9.80. The van der Waals surface area contributed by atoms with Crippen molar-refractivity contribution in [3.63, 3.8) is 0 Å². The van der Waals surface area contributed by atoms with Crippen molar-refractivity contribution >= 4 is 11.3 Å². The van der Waals surface area contributed by atoms with E-state index in [9.17, 15) is 0 Å². The summed E-state index contributed by atoms with van der Waals surface area (Å²) in [7, 11) is 1.89. The molecule has 0 saturated carbocycles. The summed E-state index contributed by atoms with van der Waals surface area (Å²) in [6.45, 7) is 2.93. The number of nitriles is 1. The molecule has 5 heteroatoms. The second kappa shape index (κ2) is 5.13. The molecule has 2 aromatic heterocycles. The molecule has 88 valence electrons. The summed E-state index contributed by atoms with van der Waals surface area (Å²) in [6.07, 6.45) is 0. The summed E-state index contributed by atoms with van der Waals surface area (Å²) >= 11 is 1.61. The minimum atomic E-state index is 0.390. The minimum absolute atomic E-state index is 0.390. The Labute approximate surface area is 104 Å². The van der Waals surface area contributed by atoms with Crippen LogP contribution in [0.3, 0.4) is 0 Å². The third kappa shape index (κ3) is 2.73. The number of aryl methyl sites for hydroxylation is 1. The molecule has 0 aliphatic heterocycles. The van der Waals surface area contributed by atoms with E-state index in [4.69, 9.17) is 9.68 Å². The topological polar surface area (TPSA) is 53.1 Å². The minimum Gasteiger partial charge on any atom is -0.440 e. The predicted molar refractivity (Wildman–Crippen MR) is 66.5 cm³/mol. The van der Waals surface area contributed by atoms with Crippen LogP contribution in [0, 0.1) is 18.3 Å². The smallest absolute Gasteiger partial charge is 0.236 e. The van der Waals surface area contributed by atoms with Gasteiger partial charge in [0.1, 0.15) is 5.76 Å². The highest BCUT2D eigenvalue weighted by Crippen LogP contribution is 2.26. The molecule has 0 saturated heterocycles. The zero-order valence-corrected chi connectivity index (χ0v) is 10.6. The Morgan fingerprint density at radius 2 is 2.41 bits per heavy atom. The molecule has 0 spiro atoms. The van der Waals surface area contributed by atoms with Crippen molar-refractivity contribution in [2.75, 3.05) is 13.6 Å². The highest BCUT2D eigenvalue weighted by Gasteiger charge is 2.13. The molecule has 0 radical (unpaired) electrons. The number of hydrogen-bond donors (Lipinski definition) is 0. The molecule has 2 rings (SSSR count). The van der Waals surface area contributed by atoms with Crippen LogP contribution >= 0.6 is 11.3 Å². The standard InChI is InChI=1S/C12H13N3OS/c1-9-10(8-15(2)6-5-13)14-12(16-9)11-4-3-7-17-11/h3-4,7H,6,8H2,1-2H3. The van der Waals surface area contributed by atoms with Crippen LogP contribution in [0.25, 0.3) is 10.8 Å². The van der Waals surface area contributed by atoms with Crippen molar-refractivity contribution in [1.82, 2.24) is 9.88 Å². The lowest BCUT2D eigenvalue weighted by atomic mass is 10.3. The highest BCUT2D eigenvalue weighted by molar-refractivity contribution is 7.13. The van der Waals surface area contributed by atoms with Gasteiger partial charge in [-0.1, -0.05) is 6.07 Å². The van der Waals surface area contributed by atoms with Crippen LogP contribution in [-0.2, 0) is 6.54 Å². The predicted octanol–water partition coefficient (Wildman–Crippen LogP) is 2.67. The quantitative estimate of drug-likeness (QED) is 0.779. The Hall–Kier alpha value is -1.64. The van der Waals surface area contributed by atoms with Crippen molar-refractivity contribution in [2.45, 2.75) is 13.5 Å². The second-order valence-corrected chi connectivity index (χ2v) is 4.78. The molecular formula is C12H13N3OS. The first kappa shape index (κ1) is 11.8. The molecule has 4 nitrogen and oxygen atoms in total. The maximum absolute atomic E-state index is 8.61. The zero-order chi connectivity index (χ0) is 12.3. The average Bonchev–Trinajstić information content (AvgIpc) is 2.89. The molecule has 0 amide bonds. The van der Waals surface area contributed by atoms with E-state index in [-0.39, 0.29) is 0 Å². The molecule has 0 fully saturated rings. The highest BCUT2D eigenvalue weighted by atomic mass is 32.1. The maximum atomic E-state index is 8.61. The molecule has 0 atom stereocenters. The normalized spacial score (nSPS) is 10.7. The van der Waals surface area contributed by atoms with E-state index < -0.39 is 0 Å². The number of nitrogens with zero attached hydrogens (tertiary/aromatic N) is 3. The first-order valence-corrected chi connectivity index (χ1v) is 6.14. The van der Waals surface area contributed by atoms with Crippen LogP contribution < -0.4 is 0 Å². The van der Waals surface area contributed by atoms with Gasteiger partial charge in [-0.05, 0) is 25.4 Å². The van der Waals surface area contributed by atoms with Gasteiger partial charge in [0.05, 0.1) is 23.2 Å². The van der Waals surface area contributed by atoms with Crippen molar-refractivity contribution in [3.05, 3.63) is 29.0 Å².